The minimum absolute atomic E-state index is 0.126. The van der Waals surface area contributed by atoms with Crippen LogP contribution in [0.5, 0.6) is 17.2 Å². The highest BCUT2D eigenvalue weighted by molar-refractivity contribution is 6.05. The molecule has 0 atom stereocenters. The average Bonchev–Trinajstić information content (AvgIpc) is 2.98. The van der Waals surface area contributed by atoms with Gasteiger partial charge in [-0.2, -0.15) is 0 Å². The fraction of sp³-hybridized carbons (Fsp3) is 0.290. The monoisotopic (exact) mass is 556 g/mol. The molecule has 212 valence electrons. The van der Waals surface area contributed by atoms with Crippen molar-refractivity contribution in [2.24, 2.45) is 7.05 Å². The van der Waals surface area contributed by atoms with Crippen LogP contribution >= 0.6 is 0 Å². The van der Waals surface area contributed by atoms with Crippen LogP contribution in [0.4, 0.5) is 5.69 Å². The third-order valence-corrected chi connectivity index (χ3v) is 7.11. The van der Waals surface area contributed by atoms with Crippen molar-refractivity contribution in [1.29, 1.82) is 0 Å². The first-order valence-corrected chi connectivity index (χ1v) is 13.3. The van der Waals surface area contributed by atoms with E-state index in [0.717, 1.165) is 11.3 Å². The number of anilines is 1. The Morgan fingerprint density at radius 2 is 1.88 bits per heavy atom. The van der Waals surface area contributed by atoms with Gasteiger partial charge in [0.15, 0.2) is 5.75 Å². The summed E-state index contributed by atoms with van der Waals surface area (Å²) < 4.78 is 24.0. The van der Waals surface area contributed by atoms with Crippen molar-refractivity contribution in [3.8, 4) is 17.2 Å². The predicted molar refractivity (Wildman–Crippen MR) is 156 cm³/mol. The Hall–Kier alpha value is -4.54. The lowest BCUT2D eigenvalue weighted by atomic mass is 9.96. The molecule has 0 fully saturated rings. The van der Waals surface area contributed by atoms with E-state index in [9.17, 15) is 9.59 Å². The number of carbonyl (C=O) groups is 1. The number of nitrogens with one attached hydrogen (secondary N) is 1. The summed E-state index contributed by atoms with van der Waals surface area (Å²) >= 11 is 0. The van der Waals surface area contributed by atoms with Crippen molar-refractivity contribution in [2.75, 3.05) is 38.9 Å². The summed E-state index contributed by atoms with van der Waals surface area (Å²) in [6.07, 6.45) is 5.81. The van der Waals surface area contributed by atoms with Gasteiger partial charge in [-0.1, -0.05) is 6.08 Å². The second-order valence-electron chi connectivity index (χ2n) is 9.63. The van der Waals surface area contributed by atoms with Gasteiger partial charge in [0.25, 0.3) is 5.91 Å². The van der Waals surface area contributed by atoms with Gasteiger partial charge >= 0.3 is 0 Å². The SMILES string of the molecule is COCCOc1cnc2c(Oc3ccc(NC(=O)c4c(C)n(C)c(C)c(C5=CCOCC5)c4=O)cc3)ccnc2c1. The molecule has 3 aromatic heterocycles. The van der Waals surface area contributed by atoms with Gasteiger partial charge in [-0.15, -0.1) is 0 Å². The van der Waals surface area contributed by atoms with Crippen LogP contribution in [0.15, 0.2) is 59.7 Å². The number of amides is 1. The molecule has 1 aromatic carbocycles. The zero-order valence-electron chi connectivity index (χ0n) is 23.5. The van der Waals surface area contributed by atoms with E-state index in [4.69, 9.17) is 18.9 Å². The number of hydrogen-bond donors (Lipinski definition) is 1. The predicted octanol–water partition coefficient (Wildman–Crippen LogP) is 4.82. The number of methoxy groups -OCH3 is 1. The Kier molecular flexibility index (Phi) is 8.42. The van der Waals surface area contributed by atoms with Crippen LogP contribution < -0.4 is 20.2 Å². The second kappa shape index (κ2) is 12.3. The minimum atomic E-state index is -0.460. The smallest absolute Gasteiger partial charge is 0.261 e. The Morgan fingerprint density at radius 3 is 2.61 bits per heavy atom. The molecule has 1 aliphatic rings. The van der Waals surface area contributed by atoms with Crippen molar-refractivity contribution in [2.45, 2.75) is 20.3 Å². The third kappa shape index (κ3) is 5.98. The number of hydrogen-bond acceptors (Lipinski definition) is 8. The van der Waals surface area contributed by atoms with Gasteiger partial charge in [-0.05, 0) is 50.1 Å². The van der Waals surface area contributed by atoms with Crippen LogP contribution in [0.25, 0.3) is 16.6 Å². The molecular formula is C31H32N4O6. The molecule has 1 aliphatic heterocycles. The average molecular weight is 557 g/mol. The van der Waals surface area contributed by atoms with Crippen LogP contribution in [0.2, 0.25) is 0 Å². The summed E-state index contributed by atoms with van der Waals surface area (Å²) in [6, 6.07) is 10.5. The Morgan fingerprint density at radius 1 is 1.07 bits per heavy atom. The van der Waals surface area contributed by atoms with Crippen molar-refractivity contribution in [1.82, 2.24) is 14.5 Å². The number of ether oxygens (including phenoxy) is 4. The summed E-state index contributed by atoms with van der Waals surface area (Å²) in [5.74, 6) is 1.21. The Bertz CT molecular complexity index is 1680. The molecule has 41 heavy (non-hydrogen) atoms. The molecule has 5 rings (SSSR count). The lowest BCUT2D eigenvalue weighted by Crippen LogP contribution is -2.30. The van der Waals surface area contributed by atoms with E-state index in [1.165, 1.54) is 0 Å². The highest BCUT2D eigenvalue weighted by Gasteiger charge is 2.23. The van der Waals surface area contributed by atoms with Crippen LogP contribution in [-0.4, -0.2) is 54.0 Å². The first-order chi connectivity index (χ1) is 19.9. The third-order valence-electron chi connectivity index (χ3n) is 7.11. The fourth-order valence-electron chi connectivity index (χ4n) is 4.76. The second-order valence-corrected chi connectivity index (χ2v) is 9.63. The highest BCUT2D eigenvalue weighted by atomic mass is 16.5. The maximum atomic E-state index is 13.5. The quantitative estimate of drug-likeness (QED) is 0.292. The number of carbonyl (C=O) groups excluding carboxylic acids is 1. The molecule has 4 heterocycles. The number of fused-ring (bicyclic) bond motifs is 1. The first-order valence-electron chi connectivity index (χ1n) is 13.3. The Labute approximate surface area is 237 Å². The first kappa shape index (κ1) is 28.0. The molecule has 0 unspecified atom stereocenters. The van der Waals surface area contributed by atoms with Crippen LogP contribution in [0.3, 0.4) is 0 Å². The van der Waals surface area contributed by atoms with E-state index in [0.29, 0.717) is 78.1 Å². The minimum Gasteiger partial charge on any atom is -0.489 e. The molecule has 4 aromatic rings. The molecule has 0 bridgehead atoms. The van der Waals surface area contributed by atoms with Crippen LogP contribution in [0.1, 0.15) is 33.7 Å². The normalized spacial score (nSPS) is 13.1. The van der Waals surface area contributed by atoms with E-state index < -0.39 is 5.91 Å². The molecule has 1 N–H and O–H groups in total. The van der Waals surface area contributed by atoms with Crippen molar-refractivity contribution < 1.29 is 23.7 Å². The Balaban J connectivity index is 1.34. The summed E-state index contributed by atoms with van der Waals surface area (Å²) in [7, 11) is 3.48. The van der Waals surface area contributed by atoms with Crippen molar-refractivity contribution in [3.05, 3.63) is 87.6 Å². The lowest BCUT2D eigenvalue weighted by molar-refractivity contribution is 0.102. The summed E-state index contributed by atoms with van der Waals surface area (Å²) in [6.45, 7) is 5.57. The van der Waals surface area contributed by atoms with E-state index in [-0.39, 0.29) is 11.0 Å². The van der Waals surface area contributed by atoms with Gasteiger partial charge in [-0.3, -0.25) is 14.6 Å². The molecular weight excluding hydrogens is 524 g/mol. The fourth-order valence-corrected chi connectivity index (χ4v) is 4.76. The number of aromatic nitrogens is 3. The lowest BCUT2D eigenvalue weighted by Gasteiger charge is -2.21. The zero-order valence-corrected chi connectivity index (χ0v) is 23.5. The molecule has 1 amide bonds. The van der Waals surface area contributed by atoms with E-state index >= 15 is 0 Å². The molecule has 0 saturated carbocycles. The van der Waals surface area contributed by atoms with Gasteiger partial charge < -0.3 is 28.8 Å². The standard InChI is InChI=1S/C31H32N4O6/c1-19-27(21-10-13-39-14-11-21)30(36)28(20(2)35(19)3)31(37)34-22-5-7-23(8-6-22)41-26-9-12-32-25-17-24(18-33-29(25)26)40-16-15-38-4/h5-10,12,17-18H,11,13-16H2,1-4H3,(H,34,37). The van der Waals surface area contributed by atoms with Crippen molar-refractivity contribution in [3.63, 3.8) is 0 Å². The van der Waals surface area contributed by atoms with E-state index in [1.807, 2.05) is 24.6 Å². The van der Waals surface area contributed by atoms with Gasteiger partial charge in [0.2, 0.25) is 5.43 Å². The molecule has 10 nitrogen and oxygen atoms in total. The van der Waals surface area contributed by atoms with E-state index in [2.05, 4.69) is 15.3 Å². The topological polar surface area (TPSA) is 114 Å². The van der Waals surface area contributed by atoms with Crippen LogP contribution in [-0.2, 0) is 16.5 Å². The molecule has 10 heteroatoms. The number of pyridine rings is 3. The summed E-state index contributed by atoms with van der Waals surface area (Å²) in [4.78, 5) is 35.7. The summed E-state index contributed by atoms with van der Waals surface area (Å²) in [5, 5.41) is 2.87. The van der Waals surface area contributed by atoms with Crippen LogP contribution in [0, 0.1) is 13.8 Å². The number of rotatable bonds is 9. The zero-order chi connectivity index (χ0) is 28.9. The number of nitrogens with zero attached hydrogens (tertiary/aromatic N) is 3. The van der Waals surface area contributed by atoms with Crippen molar-refractivity contribution >= 4 is 28.2 Å². The largest absolute Gasteiger partial charge is 0.489 e. The summed E-state index contributed by atoms with van der Waals surface area (Å²) in [5.41, 5.74) is 4.52. The van der Waals surface area contributed by atoms with E-state index in [1.54, 1.807) is 62.8 Å². The van der Waals surface area contributed by atoms with Gasteiger partial charge in [0.05, 0.1) is 31.5 Å². The van der Waals surface area contributed by atoms with Gasteiger partial charge in [0, 0.05) is 55.1 Å². The maximum absolute atomic E-state index is 13.5. The molecule has 0 aliphatic carbocycles. The van der Waals surface area contributed by atoms with Gasteiger partial charge in [0.1, 0.15) is 29.2 Å². The number of benzene rings is 1. The molecule has 0 spiro atoms. The highest BCUT2D eigenvalue weighted by Crippen LogP contribution is 2.30. The van der Waals surface area contributed by atoms with Gasteiger partial charge in [-0.25, -0.2) is 4.98 Å². The molecule has 0 saturated heterocycles. The maximum Gasteiger partial charge on any atom is 0.261 e. The molecule has 0 radical (unpaired) electrons.